The van der Waals surface area contributed by atoms with E-state index in [9.17, 15) is 10.1 Å². The highest BCUT2D eigenvalue weighted by Gasteiger charge is 2.05. The van der Waals surface area contributed by atoms with Crippen LogP contribution in [-0.4, -0.2) is 29.7 Å². The van der Waals surface area contributed by atoms with Crippen LogP contribution in [0.25, 0.3) is 0 Å². The van der Waals surface area contributed by atoms with Gasteiger partial charge < -0.3 is 10.1 Å². The summed E-state index contributed by atoms with van der Waals surface area (Å²) < 4.78 is 5.11. The molecule has 0 saturated heterocycles. The smallest absolute Gasteiger partial charge is 0.274 e. The van der Waals surface area contributed by atoms with E-state index in [0.717, 1.165) is 0 Å². The van der Waals surface area contributed by atoms with E-state index in [4.69, 9.17) is 4.74 Å². The fraction of sp³-hybridized carbons (Fsp3) is 0.444. The highest BCUT2D eigenvalue weighted by atomic mass is 16.6. The molecule has 1 rings (SSSR count). The Bertz CT molecular complexity index is 330. The molecule has 82 valence electrons. The maximum Gasteiger partial charge on any atom is 0.274 e. The lowest BCUT2D eigenvalue weighted by atomic mass is 10.4. The summed E-state index contributed by atoms with van der Waals surface area (Å²) in [6, 6.07) is 2.75. The van der Waals surface area contributed by atoms with Gasteiger partial charge in [-0.1, -0.05) is 0 Å². The monoisotopic (exact) mass is 211 g/mol. The molecule has 0 radical (unpaired) electrons. The molecular weight excluding hydrogens is 198 g/mol. The Morgan fingerprint density at radius 2 is 2.47 bits per heavy atom. The second kappa shape index (κ2) is 5.92. The van der Waals surface area contributed by atoms with Crippen molar-refractivity contribution < 1.29 is 9.66 Å². The Labute approximate surface area is 87.4 Å². The molecule has 1 N–H and O–H groups in total. The van der Waals surface area contributed by atoms with E-state index in [1.165, 1.54) is 18.3 Å². The minimum absolute atomic E-state index is 0.0314. The Balaban J connectivity index is 2.47. The molecule has 6 heteroatoms. The number of nitrogens with zero attached hydrogens (tertiary/aromatic N) is 2. The summed E-state index contributed by atoms with van der Waals surface area (Å²) in [7, 11) is 0. The number of nitro groups is 1. The number of rotatable bonds is 6. The molecule has 1 aromatic heterocycles. The molecular formula is C9H13N3O3. The molecule has 0 bridgehead atoms. The minimum atomic E-state index is -0.449. The van der Waals surface area contributed by atoms with Crippen LogP contribution >= 0.6 is 0 Å². The van der Waals surface area contributed by atoms with Gasteiger partial charge in [0, 0.05) is 25.4 Å². The number of ether oxygens (including phenoxy) is 1. The third-order valence-electron chi connectivity index (χ3n) is 1.71. The summed E-state index contributed by atoms with van der Waals surface area (Å²) >= 11 is 0. The highest BCUT2D eigenvalue weighted by molar-refractivity contribution is 5.44. The summed E-state index contributed by atoms with van der Waals surface area (Å²) in [4.78, 5) is 14.0. The fourth-order valence-corrected chi connectivity index (χ4v) is 1.03. The Hall–Kier alpha value is -1.69. The van der Waals surface area contributed by atoms with Gasteiger partial charge >= 0.3 is 0 Å². The zero-order valence-electron chi connectivity index (χ0n) is 8.47. The quantitative estimate of drug-likeness (QED) is 0.437. The lowest BCUT2D eigenvalue weighted by molar-refractivity contribution is -0.384. The van der Waals surface area contributed by atoms with Crippen molar-refractivity contribution in [1.82, 2.24) is 4.98 Å². The third kappa shape index (κ3) is 3.90. The van der Waals surface area contributed by atoms with Crippen molar-refractivity contribution in [3.63, 3.8) is 0 Å². The molecule has 6 nitrogen and oxygen atoms in total. The molecule has 0 aliphatic carbocycles. The van der Waals surface area contributed by atoms with Crippen LogP contribution in [0, 0.1) is 10.1 Å². The second-order valence-corrected chi connectivity index (χ2v) is 2.78. The molecule has 1 aromatic rings. The zero-order chi connectivity index (χ0) is 11.1. The van der Waals surface area contributed by atoms with Crippen LogP contribution in [0.2, 0.25) is 0 Å². The normalized spacial score (nSPS) is 9.93. The second-order valence-electron chi connectivity index (χ2n) is 2.78. The van der Waals surface area contributed by atoms with Crippen molar-refractivity contribution in [2.24, 2.45) is 0 Å². The van der Waals surface area contributed by atoms with Crippen molar-refractivity contribution in [3.8, 4) is 0 Å². The van der Waals surface area contributed by atoms with E-state index in [2.05, 4.69) is 10.3 Å². The van der Waals surface area contributed by atoms with Crippen LogP contribution in [0.15, 0.2) is 18.3 Å². The zero-order valence-corrected chi connectivity index (χ0v) is 8.47. The molecule has 0 atom stereocenters. The van der Waals surface area contributed by atoms with Crippen molar-refractivity contribution in [1.29, 1.82) is 0 Å². The standard InChI is InChI=1S/C9H13N3O3/c1-2-15-6-5-11-9-7-8(12(13)14)3-4-10-9/h3-4,7H,2,5-6H2,1H3,(H,10,11). The first kappa shape index (κ1) is 11.4. The highest BCUT2D eigenvalue weighted by Crippen LogP contribution is 2.13. The predicted molar refractivity (Wildman–Crippen MR) is 55.9 cm³/mol. The maximum absolute atomic E-state index is 10.5. The number of anilines is 1. The largest absolute Gasteiger partial charge is 0.380 e. The SMILES string of the molecule is CCOCCNc1cc([N+](=O)[O-])ccn1. The van der Waals surface area contributed by atoms with Crippen molar-refractivity contribution in [2.45, 2.75) is 6.92 Å². The van der Waals surface area contributed by atoms with Gasteiger partial charge in [-0.25, -0.2) is 4.98 Å². The molecule has 1 heterocycles. The Morgan fingerprint density at radius 1 is 1.67 bits per heavy atom. The van der Waals surface area contributed by atoms with Gasteiger partial charge in [0.1, 0.15) is 5.82 Å². The van der Waals surface area contributed by atoms with E-state index in [0.29, 0.717) is 25.6 Å². The summed E-state index contributed by atoms with van der Waals surface area (Å²) in [6.07, 6.45) is 1.40. The average Bonchev–Trinajstić information content (AvgIpc) is 2.25. The van der Waals surface area contributed by atoms with Gasteiger partial charge in [0.05, 0.1) is 17.6 Å². The van der Waals surface area contributed by atoms with Crippen LogP contribution in [0.3, 0.4) is 0 Å². The van der Waals surface area contributed by atoms with E-state index in [-0.39, 0.29) is 5.69 Å². The molecule has 15 heavy (non-hydrogen) atoms. The molecule has 0 saturated carbocycles. The Kier molecular flexibility index (Phi) is 4.49. The minimum Gasteiger partial charge on any atom is -0.380 e. The van der Waals surface area contributed by atoms with E-state index >= 15 is 0 Å². The number of aromatic nitrogens is 1. The predicted octanol–water partition coefficient (Wildman–Crippen LogP) is 1.44. The molecule has 0 spiro atoms. The van der Waals surface area contributed by atoms with Gasteiger partial charge in [-0.3, -0.25) is 10.1 Å². The van der Waals surface area contributed by atoms with Crippen LogP contribution in [-0.2, 0) is 4.74 Å². The van der Waals surface area contributed by atoms with Crippen LogP contribution in [0.4, 0.5) is 11.5 Å². The molecule has 0 aliphatic heterocycles. The molecule has 0 aliphatic rings. The number of hydrogen-bond acceptors (Lipinski definition) is 5. The first-order valence-electron chi connectivity index (χ1n) is 4.66. The van der Waals surface area contributed by atoms with Gasteiger partial charge in [0.2, 0.25) is 0 Å². The number of hydrogen-bond donors (Lipinski definition) is 1. The van der Waals surface area contributed by atoms with Gasteiger partial charge in [-0.2, -0.15) is 0 Å². The van der Waals surface area contributed by atoms with Crippen LogP contribution < -0.4 is 5.32 Å². The summed E-state index contributed by atoms with van der Waals surface area (Å²) in [6.45, 7) is 3.71. The van der Waals surface area contributed by atoms with E-state index < -0.39 is 4.92 Å². The van der Waals surface area contributed by atoms with E-state index in [1.54, 1.807) is 0 Å². The summed E-state index contributed by atoms with van der Waals surface area (Å²) in [5.74, 6) is 0.490. The molecule has 0 unspecified atom stereocenters. The molecule has 0 fully saturated rings. The van der Waals surface area contributed by atoms with Gasteiger partial charge in [0.15, 0.2) is 0 Å². The maximum atomic E-state index is 10.5. The topological polar surface area (TPSA) is 77.3 Å². The fourth-order valence-electron chi connectivity index (χ4n) is 1.03. The van der Waals surface area contributed by atoms with Crippen molar-refractivity contribution in [2.75, 3.05) is 25.1 Å². The van der Waals surface area contributed by atoms with Crippen molar-refractivity contribution >= 4 is 11.5 Å². The van der Waals surface area contributed by atoms with Crippen molar-refractivity contribution in [3.05, 3.63) is 28.4 Å². The van der Waals surface area contributed by atoms with Gasteiger partial charge in [0.25, 0.3) is 5.69 Å². The van der Waals surface area contributed by atoms with Gasteiger partial charge in [-0.15, -0.1) is 0 Å². The summed E-state index contributed by atoms with van der Waals surface area (Å²) in [5.41, 5.74) is 0.0314. The first-order chi connectivity index (χ1) is 7.24. The number of nitrogens with one attached hydrogen (secondary N) is 1. The molecule has 0 aromatic carbocycles. The summed E-state index contributed by atoms with van der Waals surface area (Å²) in [5, 5.41) is 13.4. The van der Waals surface area contributed by atoms with E-state index in [1.807, 2.05) is 6.92 Å². The average molecular weight is 211 g/mol. The first-order valence-corrected chi connectivity index (χ1v) is 4.66. The lowest BCUT2D eigenvalue weighted by Crippen LogP contribution is -2.10. The number of pyridine rings is 1. The molecule has 0 amide bonds. The third-order valence-corrected chi connectivity index (χ3v) is 1.71. The Morgan fingerprint density at radius 3 is 3.13 bits per heavy atom. The lowest BCUT2D eigenvalue weighted by Gasteiger charge is -2.04. The van der Waals surface area contributed by atoms with Crippen LogP contribution in [0.5, 0.6) is 0 Å². The van der Waals surface area contributed by atoms with Crippen LogP contribution in [0.1, 0.15) is 6.92 Å². The van der Waals surface area contributed by atoms with Gasteiger partial charge in [-0.05, 0) is 6.92 Å².